The standard InChI is InChI=1S/C23H19N5O2/c24-19(29)8-9-20(30)28-22-14-5-2-1-4-13(14)21-15(22)6-3-7-16(21)23-26-17-10-11-25-12-18(17)27-23/h1-7,10-12,22H,8-9H2,(H2,24,29)(H,26,27)(H,28,30). The lowest BCUT2D eigenvalue weighted by atomic mass is 9.99. The number of aromatic amines is 1. The van der Waals surface area contributed by atoms with E-state index in [1.807, 2.05) is 42.5 Å². The molecule has 2 aromatic heterocycles. The van der Waals surface area contributed by atoms with Crippen LogP contribution in [0, 0.1) is 0 Å². The van der Waals surface area contributed by atoms with E-state index < -0.39 is 5.91 Å². The largest absolute Gasteiger partial charge is 0.370 e. The van der Waals surface area contributed by atoms with Gasteiger partial charge in [-0.3, -0.25) is 14.6 Å². The molecule has 2 amide bonds. The molecule has 0 fully saturated rings. The highest BCUT2D eigenvalue weighted by atomic mass is 16.2. The number of pyridine rings is 1. The van der Waals surface area contributed by atoms with Gasteiger partial charge in [0.25, 0.3) is 0 Å². The van der Waals surface area contributed by atoms with Gasteiger partial charge in [-0.15, -0.1) is 0 Å². The van der Waals surface area contributed by atoms with Crippen molar-refractivity contribution < 1.29 is 9.59 Å². The third-order valence-corrected chi connectivity index (χ3v) is 5.39. The fourth-order valence-corrected chi connectivity index (χ4v) is 4.06. The second kappa shape index (κ2) is 7.11. The van der Waals surface area contributed by atoms with Crippen LogP contribution in [0.3, 0.4) is 0 Å². The summed E-state index contributed by atoms with van der Waals surface area (Å²) in [6.07, 6.45) is 3.57. The maximum absolute atomic E-state index is 12.5. The number of H-pyrrole nitrogens is 1. The van der Waals surface area contributed by atoms with Crippen LogP contribution in [0.5, 0.6) is 0 Å². The predicted molar refractivity (Wildman–Crippen MR) is 113 cm³/mol. The van der Waals surface area contributed by atoms with E-state index in [2.05, 4.69) is 21.4 Å². The van der Waals surface area contributed by atoms with Crippen LogP contribution in [0.4, 0.5) is 0 Å². The molecule has 30 heavy (non-hydrogen) atoms. The summed E-state index contributed by atoms with van der Waals surface area (Å²) in [5.41, 5.74) is 12.0. The molecule has 148 valence electrons. The Bertz CT molecular complexity index is 1260. The zero-order valence-corrected chi connectivity index (χ0v) is 16.1. The van der Waals surface area contributed by atoms with Crippen molar-refractivity contribution in [3.63, 3.8) is 0 Å². The number of hydrogen-bond acceptors (Lipinski definition) is 4. The minimum absolute atomic E-state index is 0.0279. The first-order chi connectivity index (χ1) is 14.6. The van der Waals surface area contributed by atoms with Crippen molar-refractivity contribution in [3.05, 3.63) is 72.1 Å². The second-order valence-corrected chi connectivity index (χ2v) is 7.30. The van der Waals surface area contributed by atoms with Gasteiger partial charge in [0.15, 0.2) is 0 Å². The predicted octanol–water partition coefficient (Wildman–Crippen LogP) is 3.08. The van der Waals surface area contributed by atoms with Gasteiger partial charge in [-0.25, -0.2) is 4.98 Å². The summed E-state index contributed by atoms with van der Waals surface area (Å²) in [4.78, 5) is 35.7. The summed E-state index contributed by atoms with van der Waals surface area (Å²) in [6, 6.07) is 15.6. The maximum atomic E-state index is 12.5. The van der Waals surface area contributed by atoms with Gasteiger partial charge < -0.3 is 16.0 Å². The lowest BCUT2D eigenvalue weighted by molar-refractivity contribution is -0.125. The molecule has 2 heterocycles. The number of imidazole rings is 1. The lowest BCUT2D eigenvalue weighted by Gasteiger charge is -2.16. The molecule has 7 nitrogen and oxygen atoms in total. The minimum atomic E-state index is -0.487. The molecule has 4 aromatic rings. The quantitative estimate of drug-likeness (QED) is 0.480. The monoisotopic (exact) mass is 397 g/mol. The van der Waals surface area contributed by atoms with Crippen molar-refractivity contribution in [2.45, 2.75) is 18.9 Å². The number of benzene rings is 2. The minimum Gasteiger partial charge on any atom is -0.370 e. The van der Waals surface area contributed by atoms with E-state index in [0.717, 1.165) is 44.7 Å². The van der Waals surface area contributed by atoms with Gasteiger partial charge in [0.1, 0.15) is 5.82 Å². The van der Waals surface area contributed by atoms with Crippen molar-refractivity contribution in [2.24, 2.45) is 5.73 Å². The number of nitrogens with two attached hydrogens (primary N) is 1. The molecule has 0 spiro atoms. The fourth-order valence-electron chi connectivity index (χ4n) is 4.06. The molecule has 1 atom stereocenters. The summed E-state index contributed by atoms with van der Waals surface area (Å²) in [5.74, 6) is 0.0612. The lowest BCUT2D eigenvalue weighted by Crippen LogP contribution is -2.29. The van der Waals surface area contributed by atoms with Gasteiger partial charge in [0, 0.05) is 24.6 Å². The molecule has 0 radical (unpaired) electrons. The summed E-state index contributed by atoms with van der Waals surface area (Å²) < 4.78 is 0. The van der Waals surface area contributed by atoms with Gasteiger partial charge >= 0.3 is 0 Å². The van der Waals surface area contributed by atoms with Crippen LogP contribution in [-0.2, 0) is 9.59 Å². The molecule has 7 heteroatoms. The first-order valence-electron chi connectivity index (χ1n) is 9.72. The first kappa shape index (κ1) is 18.1. The van der Waals surface area contributed by atoms with Gasteiger partial charge in [-0.2, -0.15) is 0 Å². The third kappa shape index (κ3) is 3.00. The Hall–Kier alpha value is -4.00. The Kier molecular flexibility index (Phi) is 4.28. The van der Waals surface area contributed by atoms with E-state index in [1.54, 1.807) is 12.4 Å². The molecular formula is C23H19N5O2. The van der Waals surface area contributed by atoms with E-state index >= 15 is 0 Å². The van der Waals surface area contributed by atoms with Crippen LogP contribution in [0.1, 0.15) is 30.0 Å². The molecule has 2 aromatic carbocycles. The van der Waals surface area contributed by atoms with Crippen LogP contribution in [-0.4, -0.2) is 26.8 Å². The van der Waals surface area contributed by atoms with Gasteiger partial charge in [0.2, 0.25) is 11.8 Å². The molecule has 0 saturated carbocycles. The van der Waals surface area contributed by atoms with E-state index in [0.29, 0.717) is 0 Å². The van der Waals surface area contributed by atoms with E-state index in [4.69, 9.17) is 10.7 Å². The zero-order valence-electron chi connectivity index (χ0n) is 16.1. The van der Waals surface area contributed by atoms with Crippen LogP contribution in [0.25, 0.3) is 33.5 Å². The Morgan fingerprint density at radius 2 is 1.80 bits per heavy atom. The molecule has 5 rings (SSSR count). The number of nitrogens with one attached hydrogen (secondary N) is 2. The van der Waals surface area contributed by atoms with Crippen molar-refractivity contribution >= 4 is 22.8 Å². The van der Waals surface area contributed by atoms with Crippen LogP contribution in [0.15, 0.2) is 60.9 Å². The van der Waals surface area contributed by atoms with Crippen molar-refractivity contribution in [3.8, 4) is 22.5 Å². The number of primary amides is 1. The molecule has 1 aliphatic carbocycles. The number of hydrogen-bond donors (Lipinski definition) is 3. The topological polar surface area (TPSA) is 114 Å². The number of fused-ring (bicyclic) bond motifs is 4. The van der Waals surface area contributed by atoms with E-state index in [1.165, 1.54) is 0 Å². The number of carbonyl (C=O) groups is 2. The van der Waals surface area contributed by atoms with Crippen LogP contribution >= 0.6 is 0 Å². The van der Waals surface area contributed by atoms with Crippen molar-refractivity contribution in [1.29, 1.82) is 0 Å². The average Bonchev–Trinajstić information content (AvgIpc) is 3.32. The number of rotatable bonds is 5. The summed E-state index contributed by atoms with van der Waals surface area (Å²) in [6.45, 7) is 0. The summed E-state index contributed by atoms with van der Waals surface area (Å²) in [5, 5.41) is 3.06. The van der Waals surface area contributed by atoms with Gasteiger partial charge in [-0.1, -0.05) is 42.5 Å². The zero-order chi connectivity index (χ0) is 20.7. The third-order valence-electron chi connectivity index (χ3n) is 5.39. The van der Waals surface area contributed by atoms with E-state index in [-0.39, 0.29) is 24.8 Å². The highest BCUT2D eigenvalue weighted by molar-refractivity contribution is 5.93. The molecule has 0 aliphatic heterocycles. The Morgan fingerprint density at radius 3 is 2.63 bits per heavy atom. The van der Waals surface area contributed by atoms with E-state index in [9.17, 15) is 9.59 Å². The SMILES string of the molecule is NC(=O)CCC(=O)NC1c2ccccc2-c2c(-c3nc4ccncc4[nH]3)cccc21. The second-order valence-electron chi connectivity index (χ2n) is 7.30. The Morgan fingerprint density at radius 1 is 1.00 bits per heavy atom. The summed E-state index contributed by atoms with van der Waals surface area (Å²) in [7, 11) is 0. The van der Waals surface area contributed by atoms with Gasteiger partial charge in [0.05, 0.1) is 23.3 Å². The normalized spacial score (nSPS) is 14.3. The molecule has 1 unspecified atom stereocenters. The van der Waals surface area contributed by atoms with Crippen LogP contribution in [0.2, 0.25) is 0 Å². The summed E-state index contributed by atoms with van der Waals surface area (Å²) >= 11 is 0. The fraction of sp³-hybridized carbons (Fsp3) is 0.130. The number of aromatic nitrogens is 3. The molecule has 4 N–H and O–H groups in total. The first-order valence-corrected chi connectivity index (χ1v) is 9.72. The van der Waals surface area contributed by atoms with Crippen LogP contribution < -0.4 is 11.1 Å². The highest BCUT2D eigenvalue weighted by Crippen LogP contribution is 2.47. The van der Waals surface area contributed by atoms with Crippen molar-refractivity contribution in [1.82, 2.24) is 20.3 Å². The van der Waals surface area contributed by atoms with Crippen molar-refractivity contribution in [2.75, 3.05) is 0 Å². The highest BCUT2D eigenvalue weighted by Gasteiger charge is 2.32. The molecule has 0 saturated heterocycles. The molecular weight excluding hydrogens is 378 g/mol. The average molecular weight is 397 g/mol. The maximum Gasteiger partial charge on any atom is 0.221 e. The number of amides is 2. The molecule has 0 bridgehead atoms. The Balaban J connectivity index is 1.60. The molecule has 1 aliphatic rings. The van der Waals surface area contributed by atoms with Gasteiger partial charge in [-0.05, 0) is 28.3 Å². The Labute approximate surface area is 172 Å². The number of carbonyl (C=O) groups excluding carboxylic acids is 2. The number of nitrogens with zero attached hydrogens (tertiary/aromatic N) is 2. The smallest absolute Gasteiger partial charge is 0.221 e.